The van der Waals surface area contributed by atoms with E-state index in [1.165, 1.54) is 43.4 Å². The lowest BCUT2D eigenvalue weighted by molar-refractivity contribution is 0.423. The Hall–Kier alpha value is -1.35. The second-order valence-corrected chi connectivity index (χ2v) is 5.35. The summed E-state index contributed by atoms with van der Waals surface area (Å²) < 4.78 is 2.27. The van der Waals surface area contributed by atoms with Crippen LogP contribution in [0.3, 0.4) is 0 Å². The van der Waals surface area contributed by atoms with Crippen LogP contribution >= 0.6 is 0 Å². The van der Waals surface area contributed by atoms with E-state index in [9.17, 15) is 0 Å². The number of benzene rings is 1. The van der Waals surface area contributed by atoms with Gasteiger partial charge in [0.15, 0.2) is 0 Å². The minimum Gasteiger partial charge on any atom is -0.331 e. The molecule has 2 N–H and O–H groups in total. The molecule has 1 aromatic heterocycles. The van der Waals surface area contributed by atoms with Gasteiger partial charge in [-0.15, -0.1) is 0 Å². The van der Waals surface area contributed by atoms with E-state index in [0.29, 0.717) is 12.5 Å². The predicted octanol–water partition coefficient (Wildman–Crippen LogP) is 3.08. The van der Waals surface area contributed by atoms with Crippen LogP contribution in [0, 0.1) is 0 Å². The van der Waals surface area contributed by atoms with Crippen molar-refractivity contribution < 1.29 is 0 Å². The van der Waals surface area contributed by atoms with Crippen molar-refractivity contribution in [2.75, 3.05) is 0 Å². The van der Waals surface area contributed by atoms with Gasteiger partial charge in [-0.2, -0.15) is 0 Å². The Morgan fingerprint density at radius 2 is 2.06 bits per heavy atom. The molecule has 3 nitrogen and oxygen atoms in total. The second-order valence-electron chi connectivity index (χ2n) is 5.35. The van der Waals surface area contributed by atoms with E-state index in [2.05, 4.69) is 29.8 Å². The minimum atomic E-state index is 0.568. The number of aromatic nitrogens is 2. The molecule has 0 spiro atoms. The maximum Gasteiger partial charge on any atom is 0.112 e. The topological polar surface area (TPSA) is 43.8 Å². The van der Waals surface area contributed by atoms with Gasteiger partial charge in [0.1, 0.15) is 5.82 Å². The van der Waals surface area contributed by atoms with E-state index in [1.54, 1.807) is 0 Å². The van der Waals surface area contributed by atoms with E-state index in [1.807, 2.05) is 0 Å². The first-order chi connectivity index (χ1) is 8.81. The quantitative estimate of drug-likeness (QED) is 0.881. The van der Waals surface area contributed by atoms with Gasteiger partial charge >= 0.3 is 0 Å². The largest absolute Gasteiger partial charge is 0.331 e. The molecule has 3 heteroatoms. The standard InChI is InChI=1S/C15H21N3/c1-18-13-9-5-8-12(10-16)14(13)17-15(18)11-6-3-2-4-7-11/h5,8-9,11H,2-4,6-7,10,16H2,1H3. The highest BCUT2D eigenvalue weighted by atomic mass is 15.1. The van der Waals surface area contributed by atoms with Gasteiger partial charge in [0, 0.05) is 19.5 Å². The van der Waals surface area contributed by atoms with Crippen LogP contribution in [-0.4, -0.2) is 9.55 Å². The second kappa shape index (κ2) is 4.73. The highest BCUT2D eigenvalue weighted by molar-refractivity contribution is 5.79. The zero-order valence-corrected chi connectivity index (χ0v) is 11.0. The number of aryl methyl sites for hydroxylation is 1. The fourth-order valence-electron chi connectivity index (χ4n) is 3.18. The fourth-order valence-corrected chi connectivity index (χ4v) is 3.18. The smallest absolute Gasteiger partial charge is 0.112 e. The summed E-state index contributed by atoms with van der Waals surface area (Å²) in [4.78, 5) is 4.89. The van der Waals surface area contributed by atoms with Crippen molar-refractivity contribution >= 4 is 11.0 Å². The van der Waals surface area contributed by atoms with Crippen molar-refractivity contribution in [1.29, 1.82) is 0 Å². The monoisotopic (exact) mass is 243 g/mol. The van der Waals surface area contributed by atoms with Gasteiger partial charge in [-0.05, 0) is 24.5 Å². The van der Waals surface area contributed by atoms with Crippen LogP contribution in [0.2, 0.25) is 0 Å². The van der Waals surface area contributed by atoms with Crippen molar-refractivity contribution in [3.63, 3.8) is 0 Å². The SMILES string of the molecule is Cn1c(C2CCCCC2)nc2c(CN)cccc21. The zero-order chi connectivity index (χ0) is 12.5. The van der Waals surface area contributed by atoms with E-state index in [-0.39, 0.29) is 0 Å². The van der Waals surface area contributed by atoms with E-state index >= 15 is 0 Å². The van der Waals surface area contributed by atoms with Crippen LogP contribution in [0.5, 0.6) is 0 Å². The molecule has 3 rings (SSSR count). The summed E-state index contributed by atoms with van der Waals surface area (Å²) in [5.74, 6) is 1.90. The molecule has 1 aliphatic carbocycles. The molecule has 0 saturated heterocycles. The number of imidazole rings is 1. The molecule has 1 aliphatic rings. The highest BCUT2D eigenvalue weighted by Gasteiger charge is 2.21. The van der Waals surface area contributed by atoms with Crippen LogP contribution in [0.4, 0.5) is 0 Å². The molecule has 1 saturated carbocycles. The summed E-state index contributed by atoms with van der Waals surface area (Å²) in [6, 6.07) is 6.31. The lowest BCUT2D eigenvalue weighted by atomic mass is 9.89. The lowest BCUT2D eigenvalue weighted by Crippen LogP contribution is -2.10. The first-order valence-corrected chi connectivity index (χ1v) is 6.95. The van der Waals surface area contributed by atoms with Crippen LogP contribution in [0.1, 0.15) is 49.4 Å². The molecular formula is C15H21N3. The average molecular weight is 243 g/mol. The number of hydrogen-bond acceptors (Lipinski definition) is 2. The van der Waals surface area contributed by atoms with Gasteiger partial charge in [0.2, 0.25) is 0 Å². The normalized spacial score (nSPS) is 17.4. The average Bonchev–Trinajstić information content (AvgIpc) is 2.77. The van der Waals surface area contributed by atoms with Gasteiger partial charge in [-0.1, -0.05) is 31.4 Å². The fraction of sp³-hybridized carbons (Fsp3) is 0.533. The van der Waals surface area contributed by atoms with Crippen molar-refractivity contribution in [2.45, 2.75) is 44.6 Å². The Balaban J connectivity index is 2.09. The number of hydrogen-bond donors (Lipinski definition) is 1. The molecule has 96 valence electrons. The van der Waals surface area contributed by atoms with Gasteiger partial charge < -0.3 is 10.3 Å². The van der Waals surface area contributed by atoms with Gasteiger partial charge in [-0.3, -0.25) is 0 Å². The third-order valence-corrected chi connectivity index (χ3v) is 4.22. The Bertz CT molecular complexity index is 550. The molecule has 18 heavy (non-hydrogen) atoms. The molecule has 0 aliphatic heterocycles. The molecule has 0 bridgehead atoms. The molecule has 0 amide bonds. The minimum absolute atomic E-state index is 0.568. The summed E-state index contributed by atoms with van der Waals surface area (Å²) in [5.41, 5.74) is 9.28. The number of para-hydroxylation sites is 1. The van der Waals surface area contributed by atoms with E-state index < -0.39 is 0 Å². The summed E-state index contributed by atoms with van der Waals surface area (Å²) in [7, 11) is 2.14. The Morgan fingerprint density at radius 3 is 2.78 bits per heavy atom. The number of nitrogens with zero attached hydrogens (tertiary/aromatic N) is 2. The maximum absolute atomic E-state index is 5.80. The molecule has 1 aromatic carbocycles. The van der Waals surface area contributed by atoms with Gasteiger partial charge in [0.05, 0.1) is 11.0 Å². The molecule has 2 aromatic rings. The summed E-state index contributed by atoms with van der Waals surface area (Å²) in [6.07, 6.45) is 6.65. The summed E-state index contributed by atoms with van der Waals surface area (Å²) >= 11 is 0. The van der Waals surface area contributed by atoms with Crippen molar-refractivity contribution in [3.05, 3.63) is 29.6 Å². The van der Waals surface area contributed by atoms with Gasteiger partial charge in [0.25, 0.3) is 0 Å². The lowest BCUT2D eigenvalue weighted by Gasteiger charge is -2.20. The molecular weight excluding hydrogens is 222 g/mol. The predicted molar refractivity (Wildman–Crippen MR) is 74.4 cm³/mol. The van der Waals surface area contributed by atoms with Crippen LogP contribution < -0.4 is 5.73 Å². The number of rotatable bonds is 2. The summed E-state index contributed by atoms with van der Waals surface area (Å²) in [5, 5.41) is 0. The number of fused-ring (bicyclic) bond motifs is 1. The van der Waals surface area contributed by atoms with Gasteiger partial charge in [-0.25, -0.2) is 4.98 Å². The van der Waals surface area contributed by atoms with Crippen LogP contribution in [0.25, 0.3) is 11.0 Å². The van der Waals surface area contributed by atoms with E-state index in [4.69, 9.17) is 10.7 Å². The Morgan fingerprint density at radius 1 is 1.28 bits per heavy atom. The molecule has 1 heterocycles. The maximum atomic E-state index is 5.80. The summed E-state index contributed by atoms with van der Waals surface area (Å²) in [6.45, 7) is 0.568. The zero-order valence-electron chi connectivity index (χ0n) is 11.0. The van der Waals surface area contributed by atoms with Crippen LogP contribution in [-0.2, 0) is 13.6 Å². The Kier molecular flexibility index (Phi) is 3.08. The molecule has 0 atom stereocenters. The molecule has 0 unspecified atom stereocenters. The third-order valence-electron chi connectivity index (χ3n) is 4.22. The number of nitrogens with two attached hydrogens (primary N) is 1. The molecule has 1 fully saturated rings. The van der Waals surface area contributed by atoms with Crippen LogP contribution in [0.15, 0.2) is 18.2 Å². The first-order valence-electron chi connectivity index (χ1n) is 6.95. The Labute approximate surface area is 108 Å². The van der Waals surface area contributed by atoms with E-state index in [0.717, 1.165) is 11.1 Å². The van der Waals surface area contributed by atoms with Crippen molar-refractivity contribution in [2.24, 2.45) is 12.8 Å². The van der Waals surface area contributed by atoms with Crippen molar-refractivity contribution in [3.8, 4) is 0 Å². The first kappa shape index (κ1) is 11.7. The molecule has 0 radical (unpaired) electrons. The third kappa shape index (κ3) is 1.83. The van der Waals surface area contributed by atoms with Crippen molar-refractivity contribution in [1.82, 2.24) is 9.55 Å². The highest BCUT2D eigenvalue weighted by Crippen LogP contribution is 2.33.